The van der Waals surface area contributed by atoms with Gasteiger partial charge in [-0.2, -0.15) is 13.2 Å². The van der Waals surface area contributed by atoms with Gasteiger partial charge in [-0.3, -0.25) is 4.98 Å². The van der Waals surface area contributed by atoms with E-state index in [4.69, 9.17) is 5.73 Å². The Bertz CT molecular complexity index is 653. The zero-order valence-electron chi connectivity index (χ0n) is 11.7. The zero-order valence-corrected chi connectivity index (χ0v) is 11.7. The summed E-state index contributed by atoms with van der Waals surface area (Å²) in [6.45, 7) is 3.54. The molecule has 21 heavy (non-hydrogen) atoms. The lowest BCUT2D eigenvalue weighted by atomic mass is 10.0. The van der Waals surface area contributed by atoms with Gasteiger partial charge in [0.1, 0.15) is 11.6 Å². The summed E-state index contributed by atoms with van der Waals surface area (Å²) >= 11 is 0. The number of nitrogens with two attached hydrogens (primary N) is 1. The van der Waals surface area contributed by atoms with Crippen LogP contribution < -0.4 is 5.73 Å². The molecule has 0 atom stereocenters. The highest BCUT2D eigenvalue weighted by atomic mass is 19.4. The van der Waals surface area contributed by atoms with Gasteiger partial charge in [-0.1, -0.05) is 6.92 Å². The molecule has 0 aliphatic heterocycles. The summed E-state index contributed by atoms with van der Waals surface area (Å²) in [5.74, 6) is 0.632. The number of aromatic nitrogens is 3. The molecule has 2 heterocycles. The average Bonchev–Trinajstić information content (AvgIpc) is 2.42. The van der Waals surface area contributed by atoms with Gasteiger partial charge in [0.2, 0.25) is 0 Å². The van der Waals surface area contributed by atoms with E-state index in [1.54, 1.807) is 6.92 Å². The Morgan fingerprint density at radius 2 is 1.95 bits per heavy atom. The first kappa shape index (κ1) is 15.2. The van der Waals surface area contributed by atoms with E-state index in [1.165, 1.54) is 0 Å². The van der Waals surface area contributed by atoms with Crippen molar-refractivity contribution in [3.8, 4) is 11.3 Å². The molecule has 0 radical (unpaired) electrons. The molecule has 2 rings (SSSR count). The summed E-state index contributed by atoms with van der Waals surface area (Å²) in [6.07, 6.45) is -0.873. The van der Waals surface area contributed by atoms with Crippen molar-refractivity contribution in [1.82, 2.24) is 15.0 Å². The smallest absolute Gasteiger partial charge is 0.383 e. The highest BCUT2D eigenvalue weighted by Crippen LogP contribution is 2.37. The maximum Gasteiger partial charge on any atom is 0.417 e. The average molecular weight is 296 g/mol. The minimum absolute atomic E-state index is 0.0750. The van der Waals surface area contributed by atoms with Crippen LogP contribution in [0.4, 0.5) is 19.0 Å². The van der Waals surface area contributed by atoms with Crippen molar-refractivity contribution in [2.24, 2.45) is 0 Å². The number of halogens is 3. The second kappa shape index (κ2) is 5.67. The van der Waals surface area contributed by atoms with Gasteiger partial charge in [0.15, 0.2) is 0 Å². The van der Waals surface area contributed by atoms with E-state index in [0.29, 0.717) is 17.8 Å². The Kier molecular flexibility index (Phi) is 4.11. The van der Waals surface area contributed by atoms with Crippen molar-refractivity contribution in [3.05, 3.63) is 35.4 Å². The van der Waals surface area contributed by atoms with Gasteiger partial charge < -0.3 is 5.73 Å². The number of nitrogen functional groups attached to an aromatic ring is 1. The molecular weight excluding hydrogens is 281 g/mol. The molecule has 7 heteroatoms. The van der Waals surface area contributed by atoms with Crippen LogP contribution >= 0.6 is 0 Å². The number of hydrogen-bond acceptors (Lipinski definition) is 4. The van der Waals surface area contributed by atoms with Gasteiger partial charge in [-0.15, -0.1) is 0 Å². The SMILES string of the molecule is CCCc1nc(N)c(C)c(-c2cnccc2C(F)(F)F)n1. The fourth-order valence-corrected chi connectivity index (χ4v) is 2.01. The number of rotatable bonds is 3. The minimum atomic E-state index is -4.48. The van der Waals surface area contributed by atoms with Crippen LogP contribution in [0.15, 0.2) is 18.5 Å². The number of anilines is 1. The fraction of sp³-hybridized carbons (Fsp3) is 0.357. The van der Waals surface area contributed by atoms with Crippen molar-refractivity contribution in [3.63, 3.8) is 0 Å². The molecule has 0 amide bonds. The molecule has 112 valence electrons. The monoisotopic (exact) mass is 296 g/mol. The predicted octanol–water partition coefficient (Wildman–Crippen LogP) is 3.40. The Labute approximate surface area is 120 Å². The molecule has 2 N–H and O–H groups in total. The Morgan fingerprint density at radius 3 is 2.57 bits per heavy atom. The Balaban J connectivity index is 2.67. The summed E-state index contributed by atoms with van der Waals surface area (Å²) in [4.78, 5) is 12.1. The first-order chi connectivity index (χ1) is 9.84. The topological polar surface area (TPSA) is 64.7 Å². The molecule has 4 nitrogen and oxygen atoms in total. The van der Waals surface area contributed by atoms with Crippen LogP contribution in [-0.2, 0) is 12.6 Å². The van der Waals surface area contributed by atoms with E-state index in [2.05, 4.69) is 15.0 Å². The summed E-state index contributed by atoms with van der Waals surface area (Å²) < 4.78 is 39.3. The maximum atomic E-state index is 13.1. The molecule has 0 bridgehead atoms. The minimum Gasteiger partial charge on any atom is -0.383 e. The summed E-state index contributed by atoms with van der Waals surface area (Å²) in [5, 5.41) is 0. The van der Waals surface area contributed by atoms with Gasteiger partial charge in [-0.25, -0.2) is 9.97 Å². The van der Waals surface area contributed by atoms with Crippen LogP contribution in [0.2, 0.25) is 0 Å². The van der Waals surface area contributed by atoms with Crippen molar-refractivity contribution >= 4 is 5.82 Å². The predicted molar refractivity (Wildman–Crippen MR) is 73.4 cm³/mol. The lowest BCUT2D eigenvalue weighted by Crippen LogP contribution is -2.11. The van der Waals surface area contributed by atoms with Crippen LogP contribution in [0.5, 0.6) is 0 Å². The maximum absolute atomic E-state index is 13.1. The van der Waals surface area contributed by atoms with E-state index in [-0.39, 0.29) is 17.1 Å². The van der Waals surface area contributed by atoms with E-state index in [1.807, 2.05) is 6.92 Å². The molecule has 0 saturated heterocycles. The Hall–Kier alpha value is -2.18. The molecule has 0 aliphatic rings. The molecule has 2 aromatic rings. The molecule has 0 unspecified atom stereocenters. The van der Waals surface area contributed by atoms with Crippen LogP contribution in [0, 0.1) is 6.92 Å². The second-order valence-corrected chi connectivity index (χ2v) is 4.67. The van der Waals surface area contributed by atoms with E-state index in [9.17, 15) is 13.2 Å². The molecule has 2 aromatic heterocycles. The largest absolute Gasteiger partial charge is 0.417 e. The third-order valence-corrected chi connectivity index (χ3v) is 3.08. The molecule has 0 aliphatic carbocycles. The van der Waals surface area contributed by atoms with Gasteiger partial charge >= 0.3 is 6.18 Å². The van der Waals surface area contributed by atoms with Gasteiger partial charge in [0, 0.05) is 29.9 Å². The fourth-order valence-electron chi connectivity index (χ4n) is 2.01. The standard InChI is InChI=1S/C14H15F3N4/c1-3-4-11-20-12(8(2)13(18)21-11)9-7-19-6-5-10(9)14(15,16)17/h5-7H,3-4H2,1-2H3,(H2,18,20,21). The van der Waals surface area contributed by atoms with E-state index < -0.39 is 11.7 Å². The number of hydrogen-bond donors (Lipinski definition) is 1. The van der Waals surface area contributed by atoms with Crippen molar-refractivity contribution in [2.45, 2.75) is 32.9 Å². The quantitative estimate of drug-likeness (QED) is 0.942. The molecule has 0 saturated carbocycles. The summed E-state index contributed by atoms with van der Waals surface area (Å²) in [5.41, 5.74) is 5.55. The van der Waals surface area contributed by atoms with E-state index in [0.717, 1.165) is 24.9 Å². The second-order valence-electron chi connectivity index (χ2n) is 4.67. The van der Waals surface area contributed by atoms with Crippen LogP contribution in [0.25, 0.3) is 11.3 Å². The number of pyridine rings is 1. The van der Waals surface area contributed by atoms with Gasteiger partial charge in [0.05, 0.1) is 11.3 Å². The first-order valence-electron chi connectivity index (χ1n) is 6.49. The van der Waals surface area contributed by atoms with Crippen LogP contribution in [0.1, 0.15) is 30.3 Å². The van der Waals surface area contributed by atoms with Crippen molar-refractivity contribution in [1.29, 1.82) is 0 Å². The number of alkyl halides is 3. The number of aryl methyl sites for hydroxylation is 1. The summed E-state index contributed by atoms with van der Waals surface area (Å²) in [7, 11) is 0. The third-order valence-electron chi connectivity index (χ3n) is 3.08. The van der Waals surface area contributed by atoms with Crippen molar-refractivity contribution in [2.75, 3.05) is 5.73 Å². The van der Waals surface area contributed by atoms with Crippen molar-refractivity contribution < 1.29 is 13.2 Å². The zero-order chi connectivity index (χ0) is 15.6. The highest BCUT2D eigenvalue weighted by Gasteiger charge is 2.34. The normalized spacial score (nSPS) is 11.7. The first-order valence-corrected chi connectivity index (χ1v) is 6.49. The Morgan fingerprint density at radius 1 is 1.24 bits per heavy atom. The van der Waals surface area contributed by atoms with Gasteiger partial charge in [0.25, 0.3) is 0 Å². The molecular formula is C14H15F3N4. The molecule has 0 spiro atoms. The van der Waals surface area contributed by atoms with Crippen LogP contribution in [0.3, 0.4) is 0 Å². The van der Waals surface area contributed by atoms with E-state index >= 15 is 0 Å². The summed E-state index contributed by atoms with van der Waals surface area (Å²) in [6, 6.07) is 0.937. The molecule has 0 fully saturated rings. The molecule has 0 aromatic carbocycles. The number of nitrogens with zero attached hydrogens (tertiary/aromatic N) is 3. The highest BCUT2D eigenvalue weighted by molar-refractivity contribution is 5.70. The van der Waals surface area contributed by atoms with Gasteiger partial charge in [-0.05, 0) is 19.4 Å². The third kappa shape index (κ3) is 3.12. The van der Waals surface area contributed by atoms with Crippen LogP contribution in [-0.4, -0.2) is 15.0 Å². The lowest BCUT2D eigenvalue weighted by Gasteiger charge is -2.15. The lowest BCUT2D eigenvalue weighted by molar-refractivity contribution is -0.137.